The fourth-order valence-corrected chi connectivity index (χ4v) is 4.18. The topological polar surface area (TPSA) is 60.2 Å². The van der Waals surface area contributed by atoms with Crippen molar-refractivity contribution in [3.63, 3.8) is 0 Å². The summed E-state index contributed by atoms with van der Waals surface area (Å²) < 4.78 is 0.947. The van der Waals surface area contributed by atoms with Crippen LogP contribution in [0.25, 0.3) is 10.2 Å². The van der Waals surface area contributed by atoms with Crippen LogP contribution in [-0.2, 0) is 0 Å². The fourth-order valence-electron chi connectivity index (χ4n) is 2.91. The van der Waals surface area contributed by atoms with Crippen LogP contribution < -0.4 is 4.90 Å². The molecule has 0 radical (unpaired) electrons. The highest BCUT2D eigenvalue weighted by atomic mass is 35.5. The Hall–Kier alpha value is -2.46. The quantitative estimate of drug-likeness (QED) is 0.558. The molecule has 0 atom stereocenters. The summed E-state index contributed by atoms with van der Waals surface area (Å²) in [5, 5.41) is 10.3. The highest BCUT2D eigenvalue weighted by Crippen LogP contribution is 2.31. The average molecular weight is 413 g/mol. The zero-order valence-electron chi connectivity index (χ0n) is 15.9. The van der Waals surface area contributed by atoms with Crippen molar-refractivity contribution in [1.82, 2.24) is 9.88 Å². The molecule has 0 bridgehead atoms. The zero-order valence-corrected chi connectivity index (χ0v) is 17.4. The number of carbonyl (C=O) groups is 1. The molecule has 0 fully saturated rings. The molecule has 28 heavy (non-hydrogen) atoms. The molecule has 144 valence electrons. The predicted molar refractivity (Wildman–Crippen MR) is 115 cm³/mol. The number of benzene rings is 2. The minimum Gasteiger partial charge on any atom is -0.302 e. The highest BCUT2D eigenvalue weighted by Gasteiger charge is 2.22. The Kier molecular flexibility index (Phi) is 6.63. The van der Waals surface area contributed by atoms with Gasteiger partial charge >= 0.3 is 0 Å². The van der Waals surface area contributed by atoms with E-state index in [4.69, 9.17) is 16.9 Å². The summed E-state index contributed by atoms with van der Waals surface area (Å²) in [4.78, 5) is 21.9. The monoisotopic (exact) mass is 412 g/mol. The van der Waals surface area contributed by atoms with Crippen molar-refractivity contribution in [1.29, 1.82) is 5.26 Å². The summed E-state index contributed by atoms with van der Waals surface area (Å²) in [7, 11) is 0. The summed E-state index contributed by atoms with van der Waals surface area (Å²) >= 11 is 7.56. The Balaban J connectivity index is 1.94. The second kappa shape index (κ2) is 9.16. The minimum atomic E-state index is -0.123. The molecule has 0 unspecified atom stereocenters. The van der Waals surface area contributed by atoms with E-state index in [2.05, 4.69) is 29.8 Å². The van der Waals surface area contributed by atoms with Crippen molar-refractivity contribution in [2.75, 3.05) is 31.1 Å². The van der Waals surface area contributed by atoms with Gasteiger partial charge in [-0.15, -0.1) is 0 Å². The van der Waals surface area contributed by atoms with E-state index in [0.717, 1.165) is 29.9 Å². The van der Waals surface area contributed by atoms with Gasteiger partial charge in [0.2, 0.25) is 0 Å². The first-order valence-corrected chi connectivity index (χ1v) is 10.4. The SMILES string of the molecule is CCN(CC)CCN(C(=O)c1ccc(C#N)cc1)c1nc2ccc(Cl)cc2s1. The van der Waals surface area contributed by atoms with Crippen molar-refractivity contribution < 1.29 is 4.79 Å². The number of anilines is 1. The first-order chi connectivity index (χ1) is 13.5. The van der Waals surface area contributed by atoms with Crippen molar-refractivity contribution in [3.05, 3.63) is 58.6 Å². The van der Waals surface area contributed by atoms with Crippen LogP contribution >= 0.6 is 22.9 Å². The minimum absolute atomic E-state index is 0.123. The first kappa shape index (κ1) is 20.3. The molecule has 5 nitrogen and oxygen atoms in total. The maximum atomic E-state index is 13.2. The van der Waals surface area contributed by atoms with E-state index in [-0.39, 0.29) is 5.91 Å². The predicted octanol–water partition coefficient (Wildman–Crippen LogP) is 4.81. The second-order valence-corrected chi connectivity index (χ2v) is 7.73. The van der Waals surface area contributed by atoms with Crippen molar-refractivity contribution in [3.8, 4) is 6.07 Å². The van der Waals surface area contributed by atoms with Gasteiger partial charge in [-0.25, -0.2) is 4.98 Å². The molecule has 7 heteroatoms. The maximum absolute atomic E-state index is 13.2. The molecule has 1 aromatic heterocycles. The van der Waals surface area contributed by atoms with E-state index in [0.29, 0.717) is 27.8 Å². The number of aromatic nitrogens is 1. The summed E-state index contributed by atoms with van der Waals surface area (Å²) in [6, 6.07) is 14.3. The molecule has 1 heterocycles. The molecule has 0 saturated heterocycles. The Bertz CT molecular complexity index is 1010. The molecule has 2 aromatic carbocycles. The molecule has 3 rings (SSSR count). The van der Waals surface area contributed by atoms with Gasteiger partial charge in [-0.2, -0.15) is 5.26 Å². The zero-order chi connectivity index (χ0) is 20.1. The molecule has 1 amide bonds. The Morgan fingerprint density at radius 1 is 1.14 bits per heavy atom. The molecule has 3 aromatic rings. The number of nitrogens with zero attached hydrogens (tertiary/aromatic N) is 4. The molecule has 0 N–H and O–H groups in total. The lowest BCUT2D eigenvalue weighted by molar-refractivity contribution is 0.0984. The normalized spacial score (nSPS) is 11.0. The number of hydrogen-bond donors (Lipinski definition) is 0. The van der Waals surface area contributed by atoms with E-state index in [9.17, 15) is 4.79 Å². The smallest absolute Gasteiger partial charge is 0.260 e. The summed E-state index contributed by atoms with van der Waals surface area (Å²) in [6.45, 7) is 7.35. The van der Waals surface area contributed by atoms with Gasteiger partial charge in [0.25, 0.3) is 5.91 Å². The van der Waals surface area contributed by atoms with Crippen LogP contribution in [-0.4, -0.2) is 42.0 Å². The Morgan fingerprint density at radius 2 is 1.86 bits per heavy atom. The van der Waals surface area contributed by atoms with Gasteiger partial charge in [-0.3, -0.25) is 9.69 Å². The number of likely N-dealkylation sites (N-methyl/N-ethyl adjacent to an activating group) is 1. The third-order valence-corrected chi connectivity index (χ3v) is 5.89. The molecule has 0 spiro atoms. The van der Waals surface area contributed by atoms with E-state index in [1.165, 1.54) is 11.3 Å². The van der Waals surface area contributed by atoms with Crippen LogP contribution in [0.4, 0.5) is 5.13 Å². The van der Waals surface area contributed by atoms with Gasteiger partial charge in [-0.05, 0) is 55.6 Å². The lowest BCUT2D eigenvalue weighted by atomic mass is 10.1. The van der Waals surface area contributed by atoms with Crippen LogP contribution in [0.5, 0.6) is 0 Å². The van der Waals surface area contributed by atoms with Crippen LogP contribution in [0, 0.1) is 11.3 Å². The number of nitriles is 1. The third kappa shape index (κ3) is 4.50. The van der Waals surface area contributed by atoms with Crippen molar-refractivity contribution in [2.24, 2.45) is 0 Å². The van der Waals surface area contributed by atoms with Crippen LogP contribution in [0.15, 0.2) is 42.5 Å². The van der Waals surface area contributed by atoms with E-state index >= 15 is 0 Å². The van der Waals surface area contributed by atoms with Gasteiger partial charge in [0.15, 0.2) is 5.13 Å². The van der Waals surface area contributed by atoms with Gasteiger partial charge < -0.3 is 4.90 Å². The number of rotatable bonds is 7. The number of hydrogen-bond acceptors (Lipinski definition) is 5. The molecule has 0 aliphatic carbocycles. The fraction of sp³-hybridized carbons (Fsp3) is 0.286. The standard InChI is InChI=1S/C21H21ClN4OS/c1-3-25(4-2)11-12-26(20(27)16-7-5-15(14-23)6-8-16)21-24-18-10-9-17(22)13-19(18)28-21/h5-10,13H,3-4,11-12H2,1-2H3. The lowest BCUT2D eigenvalue weighted by Crippen LogP contribution is -2.38. The number of halogens is 1. The van der Waals surface area contributed by atoms with Gasteiger partial charge in [0.05, 0.1) is 21.8 Å². The summed E-state index contributed by atoms with van der Waals surface area (Å²) in [5.41, 5.74) is 1.89. The molecular weight excluding hydrogens is 392 g/mol. The Labute approximate surface area is 173 Å². The first-order valence-electron chi connectivity index (χ1n) is 9.16. The van der Waals surface area contributed by atoms with Gasteiger partial charge in [0.1, 0.15) is 0 Å². The van der Waals surface area contributed by atoms with Gasteiger partial charge in [0, 0.05) is 23.7 Å². The number of amides is 1. The van der Waals surface area contributed by atoms with Crippen molar-refractivity contribution >= 4 is 44.2 Å². The average Bonchev–Trinajstić information content (AvgIpc) is 3.13. The molecular formula is C21H21ClN4OS. The maximum Gasteiger partial charge on any atom is 0.260 e. The van der Waals surface area contributed by atoms with Crippen LogP contribution in [0.3, 0.4) is 0 Å². The summed E-state index contributed by atoms with van der Waals surface area (Å²) in [5.74, 6) is -0.123. The van der Waals surface area contributed by atoms with Crippen LogP contribution in [0.2, 0.25) is 5.02 Å². The van der Waals surface area contributed by atoms with E-state index in [1.54, 1.807) is 35.2 Å². The Morgan fingerprint density at radius 3 is 2.50 bits per heavy atom. The third-order valence-electron chi connectivity index (χ3n) is 4.61. The number of carbonyl (C=O) groups excluding carboxylic acids is 1. The van der Waals surface area contributed by atoms with Gasteiger partial charge in [-0.1, -0.05) is 36.8 Å². The van der Waals surface area contributed by atoms with Crippen LogP contribution in [0.1, 0.15) is 29.8 Å². The second-order valence-electron chi connectivity index (χ2n) is 6.28. The van der Waals surface area contributed by atoms with E-state index < -0.39 is 0 Å². The molecule has 0 saturated carbocycles. The van der Waals surface area contributed by atoms with E-state index in [1.807, 2.05) is 12.1 Å². The number of fused-ring (bicyclic) bond motifs is 1. The summed E-state index contributed by atoms with van der Waals surface area (Å²) in [6.07, 6.45) is 0. The number of thiazole rings is 1. The highest BCUT2D eigenvalue weighted by molar-refractivity contribution is 7.22. The largest absolute Gasteiger partial charge is 0.302 e. The van der Waals surface area contributed by atoms with Crippen molar-refractivity contribution in [2.45, 2.75) is 13.8 Å². The molecule has 0 aliphatic rings. The molecule has 0 aliphatic heterocycles. The lowest BCUT2D eigenvalue weighted by Gasteiger charge is -2.24.